The van der Waals surface area contributed by atoms with Crippen LogP contribution in [0, 0.1) is 10.1 Å². The van der Waals surface area contributed by atoms with Gasteiger partial charge in [0.1, 0.15) is 18.7 Å². The number of ether oxygens (including phenoxy) is 1. The molecule has 0 aromatic heterocycles. The van der Waals surface area contributed by atoms with E-state index in [9.17, 15) is 10.1 Å². The molecule has 15 heavy (non-hydrogen) atoms. The van der Waals surface area contributed by atoms with E-state index >= 15 is 0 Å². The first-order valence-electron chi connectivity index (χ1n) is 4.38. The van der Waals surface area contributed by atoms with Crippen LogP contribution >= 0.6 is 0 Å². The van der Waals surface area contributed by atoms with Gasteiger partial charge in [0.05, 0.1) is 11.0 Å². The summed E-state index contributed by atoms with van der Waals surface area (Å²) in [6.07, 6.45) is -0.677. The number of non-ortho nitro benzene ring substituents is 1. The van der Waals surface area contributed by atoms with Crippen LogP contribution in [0.25, 0.3) is 0 Å². The Kier molecular flexibility index (Phi) is 4.02. The number of nitrogens with zero attached hydrogens (tertiary/aromatic N) is 1. The monoisotopic (exact) mass is 212 g/mol. The summed E-state index contributed by atoms with van der Waals surface area (Å²) in [5.74, 6) is 0.386. The van der Waals surface area contributed by atoms with E-state index in [-0.39, 0.29) is 12.4 Å². The molecule has 1 aromatic rings. The van der Waals surface area contributed by atoms with Crippen LogP contribution < -0.4 is 10.1 Å². The molecular weight excluding hydrogens is 200 g/mol. The number of rotatable bonds is 5. The molecule has 1 rings (SSSR count). The van der Waals surface area contributed by atoms with E-state index in [1.54, 1.807) is 13.0 Å². The molecule has 0 saturated carbocycles. The molecule has 0 aliphatic rings. The van der Waals surface area contributed by atoms with E-state index in [2.05, 4.69) is 5.32 Å². The molecule has 2 N–H and O–H groups in total. The van der Waals surface area contributed by atoms with Gasteiger partial charge in [-0.1, -0.05) is 6.07 Å². The number of nitro benzene ring substituents is 1. The average molecular weight is 212 g/mol. The van der Waals surface area contributed by atoms with Crippen molar-refractivity contribution in [1.82, 2.24) is 5.32 Å². The van der Waals surface area contributed by atoms with Crippen molar-refractivity contribution >= 4 is 5.69 Å². The van der Waals surface area contributed by atoms with Crippen molar-refractivity contribution in [1.29, 1.82) is 0 Å². The van der Waals surface area contributed by atoms with E-state index in [0.29, 0.717) is 5.75 Å². The lowest BCUT2D eigenvalue weighted by molar-refractivity contribution is -0.384. The zero-order valence-electron chi connectivity index (χ0n) is 8.21. The molecule has 82 valence electrons. The van der Waals surface area contributed by atoms with Gasteiger partial charge >= 0.3 is 0 Å². The van der Waals surface area contributed by atoms with Crippen LogP contribution in [-0.2, 0) is 0 Å². The topological polar surface area (TPSA) is 84.6 Å². The molecule has 0 radical (unpaired) electrons. The van der Waals surface area contributed by atoms with Gasteiger partial charge in [-0.05, 0) is 13.0 Å². The Morgan fingerprint density at radius 3 is 3.00 bits per heavy atom. The van der Waals surface area contributed by atoms with E-state index < -0.39 is 11.2 Å². The Morgan fingerprint density at radius 1 is 1.67 bits per heavy atom. The zero-order chi connectivity index (χ0) is 11.3. The van der Waals surface area contributed by atoms with Gasteiger partial charge in [0.25, 0.3) is 5.69 Å². The predicted molar refractivity (Wildman–Crippen MR) is 53.4 cm³/mol. The Labute approximate surface area is 86.6 Å². The van der Waals surface area contributed by atoms with Crippen molar-refractivity contribution in [3.63, 3.8) is 0 Å². The first-order chi connectivity index (χ1) is 7.09. The minimum Gasteiger partial charge on any atom is -0.478 e. The molecule has 1 aromatic carbocycles. The van der Waals surface area contributed by atoms with Gasteiger partial charge < -0.3 is 9.84 Å². The quantitative estimate of drug-likeness (QED) is 0.429. The molecule has 6 heteroatoms. The van der Waals surface area contributed by atoms with Crippen molar-refractivity contribution in [2.45, 2.75) is 13.2 Å². The number of aliphatic hydroxyl groups is 1. The van der Waals surface area contributed by atoms with Crippen molar-refractivity contribution in [3.8, 4) is 5.75 Å². The third kappa shape index (κ3) is 3.92. The molecule has 0 aliphatic heterocycles. The molecule has 0 spiro atoms. The first kappa shape index (κ1) is 11.4. The summed E-state index contributed by atoms with van der Waals surface area (Å²) in [5.41, 5.74) is -0.0236. The molecule has 0 heterocycles. The Hall–Kier alpha value is -1.66. The fourth-order valence-electron chi connectivity index (χ4n) is 0.932. The van der Waals surface area contributed by atoms with Crippen LogP contribution in [0.1, 0.15) is 6.92 Å². The van der Waals surface area contributed by atoms with Gasteiger partial charge in [0, 0.05) is 6.07 Å². The number of nitrogens with one attached hydrogen (secondary N) is 1. The number of hydrogen-bond acceptors (Lipinski definition) is 5. The number of nitro groups is 1. The molecule has 1 atom stereocenters. The molecule has 1 unspecified atom stereocenters. The van der Waals surface area contributed by atoms with Gasteiger partial charge in [-0.2, -0.15) is 0 Å². The highest BCUT2D eigenvalue weighted by molar-refractivity contribution is 5.37. The highest BCUT2D eigenvalue weighted by atomic mass is 16.6. The number of aliphatic hydroxyl groups excluding tert-OH is 1. The lowest BCUT2D eigenvalue weighted by Gasteiger charge is -2.09. The second-order valence-electron chi connectivity index (χ2n) is 2.92. The summed E-state index contributed by atoms with van der Waals surface area (Å²) in [7, 11) is 0. The summed E-state index contributed by atoms with van der Waals surface area (Å²) in [5, 5.41) is 21.9. The van der Waals surface area contributed by atoms with Gasteiger partial charge in [0.15, 0.2) is 0 Å². The molecule has 0 saturated heterocycles. The van der Waals surface area contributed by atoms with Crippen LogP contribution in [0.5, 0.6) is 5.75 Å². The maximum Gasteiger partial charge on any atom is 0.273 e. The lowest BCUT2D eigenvalue weighted by atomic mass is 10.3. The number of benzene rings is 1. The molecule has 6 nitrogen and oxygen atoms in total. The summed E-state index contributed by atoms with van der Waals surface area (Å²) in [6.45, 7) is 1.65. The van der Waals surface area contributed by atoms with Crippen LogP contribution in [0.2, 0.25) is 0 Å². The highest BCUT2D eigenvalue weighted by Gasteiger charge is 2.05. The zero-order valence-corrected chi connectivity index (χ0v) is 8.21. The first-order valence-corrected chi connectivity index (χ1v) is 4.38. The molecular formula is C9H12N2O4. The highest BCUT2D eigenvalue weighted by Crippen LogP contribution is 2.18. The lowest BCUT2D eigenvalue weighted by Crippen LogP contribution is -2.29. The summed E-state index contributed by atoms with van der Waals surface area (Å²) in [4.78, 5) is 9.94. The maximum atomic E-state index is 10.4. The summed E-state index contributed by atoms with van der Waals surface area (Å²) in [6, 6.07) is 5.85. The fourth-order valence-corrected chi connectivity index (χ4v) is 0.932. The largest absolute Gasteiger partial charge is 0.478 e. The summed E-state index contributed by atoms with van der Waals surface area (Å²) >= 11 is 0. The van der Waals surface area contributed by atoms with Crippen LogP contribution in [0.4, 0.5) is 5.69 Å². The van der Waals surface area contributed by atoms with Gasteiger partial charge in [-0.15, -0.1) is 0 Å². The Bertz CT molecular complexity index is 341. The summed E-state index contributed by atoms with van der Waals surface area (Å²) < 4.78 is 5.13. The smallest absolute Gasteiger partial charge is 0.273 e. The van der Waals surface area contributed by atoms with E-state index in [4.69, 9.17) is 9.84 Å². The third-order valence-electron chi connectivity index (χ3n) is 1.65. The fraction of sp³-hybridized carbons (Fsp3) is 0.333. The second kappa shape index (κ2) is 5.28. The Morgan fingerprint density at radius 2 is 2.40 bits per heavy atom. The molecule has 0 amide bonds. The van der Waals surface area contributed by atoms with E-state index in [1.165, 1.54) is 18.2 Å². The normalized spacial score (nSPS) is 12.1. The van der Waals surface area contributed by atoms with Crippen LogP contribution in [-0.4, -0.2) is 23.0 Å². The number of hydrogen-bond donors (Lipinski definition) is 2. The van der Waals surface area contributed by atoms with Gasteiger partial charge in [0.2, 0.25) is 0 Å². The molecule has 0 bridgehead atoms. The average Bonchev–Trinajstić information content (AvgIpc) is 2.17. The third-order valence-corrected chi connectivity index (χ3v) is 1.65. The van der Waals surface area contributed by atoms with Crippen molar-refractivity contribution in [3.05, 3.63) is 34.4 Å². The predicted octanol–water partition coefficient (Wildman–Crippen LogP) is 0.859. The van der Waals surface area contributed by atoms with Crippen molar-refractivity contribution in [2.24, 2.45) is 0 Å². The van der Waals surface area contributed by atoms with Gasteiger partial charge in [-0.3, -0.25) is 15.4 Å². The minimum atomic E-state index is -0.677. The van der Waals surface area contributed by atoms with Gasteiger partial charge in [-0.25, -0.2) is 0 Å². The minimum absolute atomic E-state index is 0.0236. The van der Waals surface area contributed by atoms with E-state index in [1.807, 2.05) is 0 Å². The Balaban J connectivity index is 2.54. The van der Waals surface area contributed by atoms with Crippen molar-refractivity contribution < 1.29 is 14.8 Å². The van der Waals surface area contributed by atoms with Crippen molar-refractivity contribution in [2.75, 3.05) is 6.73 Å². The van der Waals surface area contributed by atoms with E-state index in [0.717, 1.165) is 0 Å². The molecule has 0 aliphatic carbocycles. The molecule has 0 fully saturated rings. The SMILES string of the molecule is CC(O)NCOc1cccc([N+](=O)[O-])c1. The van der Waals surface area contributed by atoms with Crippen LogP contribution in [0.15, 0.2) is 24.3 Å². The standard InChI is InChI=1S/C9H12N2O4/c1-7(12)10-6-15-9-4-2-3-8(5-9)11(13)14/h2-5,7,10,12H,6H2,1H3. The second-order valence-corrected chi connectivity index (χ2v) is 2.92. The maximum absolute atomic E-state index is 10.4. The van der Waals surface area contributed by atoms with Crippen LogP contribution in [0.3, 0.4) is 0 Å².